The number of hydrogen-bond acceptors (Lipinski definition) is 7. The molecule has 1 fully saturated rings. The average Bonchev–Trinajstić information content (AvgIpc) is 3.04. The lowest BCUT2D eigenvalue weighted by Gasteiger charge is -2.36. The number of anilines is 1. The Labute approximate surface area is 249 Å². The molecule has 1 N–H and O–H groups in total. The number of amides is 2. The number of thioether (sulfide) groups is 1. The summed E-state index contributed by atoms with van der Waals surface area (Å²) < 4.78 is 7.10. The van der Waals surface area contributed by atoms with E-state index in [1.165, 1.54) is 11.8 Å². The van der Waals surface area contributed by atoms with Crippen LogP contribution in [0.3, 0.4) is 0 Å². The van der Waals surface area contributed by atoms with Gasteiger partial charge >= 0.3 is 0 Å². The van der Waals surface area contributed by atoms with Crippen molar-refractivity contribution in [3.63, 3.8) is 0 Å². The maximum Gasteiger partial charge on any atom is 0.262 e. The van der Waals surface area contributed by atoms with Crippen LogP contribution in [0.15, 0.2) is 88.8 Å². The first-order valence-electron chi connectivity index (χ1n) is 14.1. The topological polar surface area (TPSA) is 96.8 Å². The summed E-state index contributed by atoms with van der Waals surface area (Å²) in [7, 11) is 1.67. The summed E-state index contributed by atoms with van der Waals surface area (Å²) in [6.07, 6.45) is 0.828. The first-order chi connectivity index (χ1) is 20.5. The third-order valence-corrected chi connectivity index (χ3v) is 8.30. The molecule has 1 saturated heterocycles. The molecule has 42 heavy (non-hydrogen) atoms. The van der Waals surface area contributed by atoms with E-state index in [-0.39, 0.29) is 23.1 Å². The van der Waals surface area contributed by atoms with Crippen LogP contribution in [0.25, 0.3) is 10.9 Å². The summed E-state index contributed by atoms with van der Waals surface area (Å²) >= 11 is 1.24. The van der Waals surface area contributed by atoms with E-state index in [1.807, 2.05) is 71.6 Å². The van der Waals surface area contributed by atoms with Crippen LogP contribution in [0.2, 0.25) is 0 Å². The molecule has 0 spiro atoms. The highest BCUT2D eigenvalue weighted by Crippen LogP contribution is 2.28. The molecule has 9 nitrogen and oxygen atoms in total. The zero-order chi connectivity index (χ0) is 29.3. The molecule has 1 aliphatic rings. The lowest BCUT2D eigenvalue weighted by Crippen LogP contribution is -2.48. The van der Waals surface area contributed by atoms with E-state index in [1.54, 1.807) is 23.8 Å². The maximum atomic E-state index is 13.4. The Bertz CT molecular complexity index is 1590. The zero-order valence-corrected chi connectivity index (χ0v) is 24.5. The molecule has 218 valence electrons. The van der Waals surface area contributed by atoms with Gasteiger partial charge in [-0.25, -0.2) is 4.98 Å². The summed E-state index contributed by atoms with van der Waals surface area (Å²) in [5.74, 6) is 0.896. The van der Waals surface area contributed by atoms with E-state index in [9.17, 15) is 14.4 Å². The van der Waals surface area contributed by atoms with Gasteiger partial charge in [0.1, 0.15) is 5.75 Å². The van der Waals surface area contributed by atoms with Crippen LogP contribution in [0.1, 0.15) is 18.4 Å². The average molecular weight is 586 g/mol. The number of hydrogen-bond donors (Lipinski definition) is 1. The van der Waals surface area contributed by atoms with E-state index >= 15 is 0 Å². The number of aromatic nitrogens is 2. The highest BCUT2D eigenvalue weighted by molar-refractivity contribution is 7.99. The maximum absolute atomic E-state index is 13.4. The normalized spacial score (nSPS) is 13.3. The molecule has 0 radical (unpaired) electrons. The molecule has 4 aromatic rings. The number of benzene rings is 3. The lowest BCUT2D eigenvalue weighted by molar-refractivity contribution is -0.131. The Morgan fingerprint density at radius 3 is 2.43 bits per heavy atom. The molecule has 0 unspecified atom stereocenters. The number of fused-ring (bicyclic) bond motifs is 1. The third kappa shape index (κ3) is 7.12. The lowest BCUT2D eigenvalue weighted by atomic mass is 10.2. The monoisotopic (exact) mass is 585 g/mol. The van der Waals surface area contributed by atoms with Gasteiger partial charge < -0.3 is 19.9 Å². The number of ether oxygens (including phenoxy) is 1. The van der Waals surface area contributed by atoms with Gasteiger partial charge in [-0.05, 0) is 36.2 Å². The second-order valence-corrected chi connectivity index (χ2v) is 11.0. The van der Waals surface area contributed by atoms with Gasteiger partial charge in [0.25, 0.3) is 5.56 Å². The molecule has 5 rings (SSSR count). The van der Waals surface area contributed by atoms with Crippen LogP contribution in [0, 0.1) is 0 Å². The number of piperazine rings is 1. The molecule has 2 amide bonds. The van der Waals surface area contributed by atoms with Crippen LogP contribution >= 0.6 is 11.8 Å². The van der Waals surface area contributed by atoms with Crippen molar-refractivity contribution in [2.75, 3.05) is 43.9 Å². The van der Waals surface area contributed by atoms with Gasteiger partial charge in [-0.3, -0.25) is 19.0 Å². The van der Waals surface area contributed by atoms with Crippen molar-refractivity contribution < 1.29 is 14.3 Å². The Balaban J connectivity index is 1.18. The molecule has 0 saturated carbocycles. The van der Waals surface area contributed by atoms with Crippen LogP contribution in [-0.2, 0) is 22.7 Å². The predicted octanol–water partition coefficient (Wildman–Crippen LogP) is 3.94. The minimum absolute atomic E-state index is 0.0750. The second kappa shape index (κ2) is 14.0. The number of nitrogens with zero attached hydrogens (tertiary/aromatic N) is 4. The number of carbonyl (C=O) groups excluding carboxylic acids is 2. The van der Waals surface area contributed by atoms with Gasteiger partial charge in [0.05, 0.1) is 29.5 Å². The van der Waals surface area contributed by atoms with Crippen molar-refractivity contribution >= 4 is 40.2 Å². The van der Waals surface area contributed by atoms with E-state index in [2.05, 4.69) is 10.2 Å². The van der Waals surface area contributed by atoms with Crippen LogP contribution < -0.4 is 20.5 Å². The van der Waals surface area contributed by atoms with Crippen molar-refractivity contribution in [3.05, 3.63) is 94.8 Å². The van der Waals surface area contributed by atoms with Gasteiger partial charge in [0.15, 0.2) is 5.16 Å². The summed E-state index contributed by atoms with van der Waals surface area (Å²) in [4.78, 5) is 47.9. The Morgan fingerprint density at radius 2 is 1.64 bits per heavy atom. The minimum atomic E-state index is -0.161. The van der Waals surface area contributed by atoms with E-state index in [0.29, 0.717) is 55.1 Å². The van der Waals surface area contributed by atoms with E-state index in [4.69, 9.17) is 9.72 Å². The first-order valence-corrected chi connectivity index (χ1v) is 15.1. The fraction of sp³-hybridized carbons (Fsp3) is 0.312. The number of nitrogens with one attached hydrogen (secondary N) is 1. The largest absolute Gasteiger partial charge is 0.495 e. The van der Waals surface area contributed by atoms with Crippen molar-refractivity contribution in [2.45, 2.75) is 31.1 Å². The third-order valence-electron chi connectivity index (χ3n) is 7.32. The summed E-state index contributed by atoms with van der Waals surface area (Å²) in [6.45, 7) is 3.51. The molecular formula is C32H35N5O4S. The molecule has 10 heteroatoms. The quantitative estimate of drug-likeness (QED) is 0.210. The summed E-state index contributed by atoms with van der Waals surface area (Å²) in [5, 5.41) is 3.92. The zero-order valence-electron chi connectivity index (χ0n) is 23.7. The van der Waals surface area contributed by atoms with Crippen molar-refractivity contribution in [2.24, 2.45) is 0 Å². The van der Waals surface area contributed by atoms with Crippen molar-refractivity contribution in [1.29, 1.82) is 0 Å². The van der Waals surface area contributed by atoms with Crippen molar-refractivity contribution in [1.82, 2.24) is 19.8 Å². The second-order valence-electron chi connectivity index (χ2n) is 10.1. The molecule has 2 heterocycles. The SMILES string of the molecule is COc1ccccc1N1CCN(C(=O)CCCn2c(SCC(=O)NCc3ccccc3)nc3ccccc3c2=O)CC1. The molecule has 1 aromatic heterocycles. The first kappa shape index (κ1) is 29.2. The standard InChI is InChI=1S/C32H35N5O4S/c1-41-28-15-8-7-14-27(28)35-18-20-36(21-19-35)30(39)16-9-17-37-31(40)25-12-5-6-13-26(25)34-32(37)42-23-29(38)33-22-24-10-3-2-4-11-24/h2-8,10-15H,9,16-23H2,1H3,(H,33,38). The van der Waals surface area contributed by atoms with Gasteiger partial charge in [-0.2, -0.15) is 0 Å². The van der Waals surface area contributed by atoms with E-state index < -0.39 is 0 Å². The van der Waals surface area contributed by atoms with Crippen LogP contribution in [-0.4, -0.2) is 65.3 Å². The highest BCUT2D eigenvalue weighted by atomic mass is 32.2. The molecular weight excluding hydrogens is 550 g/mol. The Morgan fingerprint density at radius 1 is 0.929 bits per heavy atom. The number of methoxy groups -OCH3 is 1. The smallest absolute Gasteiger partial charge is 0.262 e. The van der Waals surface area contributed by atoms with Crippen LogP contribution in [0.4, 0.5) is 5.69 Å². The fourth-order valence-electron chi connectivity index (χ4n) is 5.07. The number of carbonyl (C=O) groups is 2. The van der Waals surface area contributed by atoms with Gasteiger partial charge in [0.2, 0.25) is 11.8 Å². The molecule has 0 aliphatic carbocycles. The van der Waals surface area contributed by atoms with Crippen LogP contribution in [0.5, 0.6) is 5.75 Å². The highest BCUT2D eigenvalue weighted by Gasteiger charge is 2.23. The van der Waals surface area contributed by atoms with E-state index in [0.717, 1.165) is 30.1 Å². The molecule has 1 aliphatic heterocycles. The number of rotatable bonds is 11. The van der Waals surface area contributed by atoms with Gasteiger partial charge in [0, 0.05) is 45.7 Å². The van der Waals surface area contributed by atoms with Gasteiger partial charge in [-0.1, -0.05) is 66.4 Å². The van der Waals surface area contributed by atoms with Gasteiger partial charge in [-0.15, -0.1) is 0 Å². The summed E-state index contributed by atoms with van der Waals surface area (Å²) in [5.41, 5.74) is 2.48. The molecule has 0 bridgehead atoms. The molecule has 0 atom stereocenters. The predicted molar refractivity (Wildman–Crippen MR) is 166 cm³/mol. The molecule has 3 aromatic carbocycles. The minimum Gasteiger partial charge on any atom is -0.495 e. The number of para-hydroxylation sites is 3. The summed E-state index contributed by atoms with van der Waals surface area (Å²) in [6, 6.07) is 24.8. The Kier molecular flexibility index (Phi) is 9.76. The van der Waals surface area contributed by atoms with Crippen molar-refractivity contribution in [3.8, 4) is 5.75 Å². The fourth-order valence-corrected chi connectivity index (χ4v) is 5.92. The Hall–Kier alpha value is -4.31.